The minimum atomic E-state index is -0.880. The molecule has 0 saturated carbocycles. The Morgan fingerprint density at radius 2 is 1.60 bits per heavy atom. The summed E-state index contributed by atoms with van der Waals surface area (Å²) in [7, 11) is -0.880. The third-order valence-electron chi connectivity index (χ3n) is 5.03. The van der Waals surface area contributed by atoms with E-state index in [9.17, 15) is 0 Å². The number of fused-ring (bicyclic) bond motifs is 1. The van der Waals surface area contributed by atoms with E-state index < -0.39 is 9.04 Å². The van der Waals surface area contributed by atoms with Gasteiger partial charge in [0, 0.05) is 0 Å². The summed E-state index contributed by atoms with van der Waals surface area (Å²) >= 11 is 0. The van der Waals surface area contributed by atoms with Gasteiger partial charge >= 0.3 is 26.2 Å². The maximum Gasteiger partial charge on any atom is 3.00 e. The molecule has 0 aliphatic heterocycles. The zero-order chi connectivity index (χ0) is 19.8. The third-order valence-corrected chi connectivity index (χ3v) is 5.03. The Morgan fingerprint density at radius 3 is 2.13 bits per heavy atom. The molecular formula is C25H34Cl2OSiZr. The summed E-state index contributed by atoms with van der Waals surface area (Å²) in [5.74, 6) is 0.638. The van der Waals surface area contributed by atoms with Crippen LogP contribution in [-0.2, 0) is 32.6 Å². The summed E-state index contributed by atoms with van der Waals surface area (Å²) in [4.78, 5) is 8.16. The fourth-order valence-corrected chi connectivity index (χ4v) is 3.30. The quantitative estimate of drug-likeness (QED) is 0.370. The Balaban J connectivity index is 0. The molecule has 0 bridgehead atoms. The van der Waals surface area contributed by atoms with Gasteiger partial charge in [0.2, 0.25) is 0 Å². The van der Waals surface area contributed by atoms with E-state index in [4.69, 9.17) is 4.80 Å². The number of unbranched alkanes of at least 4 members (excludes halogenated alkanes) is 1. The molecule has 0 saturated heterocycles. The summed E-state index contributed by atoms with van der Waals surface area (Å²) in [5, 5.41) is 2.77. The van der Waals surface area contributed by atoms with Crippen LogP contribution in [0.1, 0.15) is 57.1 Å². The van der Waals surface area contributed by atoms with E-state index in [-0.39, 0.29) is 51.0 Å². The molecule has 2 radical (unpaired) electrons. The average Bonchev–Trinajstić information content (AvgIpc) is 3.08. The summed E-state index contributed by atoms with van der Waals surface area (Å²) in [6, 6.07) is 20.6. The van der Waals surface area contributed by atoms with Gasteiger partial charge in [-0.25, -0.2) is 0 Å². The zero-order valence-corrected chi connectivity index (χ0v) is 23.8. The molecule has 0 aromatic heterocycles. The van der Waals surface area contributed by atoms with Crippen LogP contribution in [0.25, 0.3) is 21.9 Å². The minimum Gasteiger partial charge on any atom is -1.00 e. The molecule has 30 heavy (non-hydrogen) atoms. The van der Waals surface area contributed by atoms with Crippen molar-refractivity contribution in [1.29, 1.82) is 0 Å². The standard InChI is InChI=1S/C23H27.C2H7OSi.2ClH.Zr/c1-4-6-8-18-15-21-9-7-10-22(23(21)16-18)20-13-11-19(12-14-20)17(3)5-2;1-4(2)3;;;/h7,9-17H,4-6,8H2,1-3H3;3H,1-2H3;2*1H;/q-1;;;;+3/p-2. The Morgan fingerprint density at radius 1 is 1.00 bits per heavy atom. The number of aryl methyl sites for hydroxylation is 1. The molecule has 162 valence electrons. The van der Waals surface area contributed by atoms with Gasteiger partial charge in [0.1, 0.15) is 0 Å². The Hall–Kier alpha value is -0.310. The van der Waals surface area contributed by atoms with Gasteiger partial charge in [0.15, 0.2) is 9.04 Å². The topological polar surface area (TPSA) is 20.2 Å². The van der Waals surface area contributed by atoms with E-state index in [1.165, 1.54) is 58.7 Å². The number of halogens is 2. The van der Waals surface area contributed by atoms with Crippen LogP contribution >= 0.6 is 0 Å². The molecule has 5 heteroatoms. The number of hydrogen-bond acceptors (Lipinski definition) is 1. The van der Waals surface area contributed by atoms with Crippen LogP contribution in [0.4, 0.5) is 0 Å². The van der Waals surface area contributed by atoms with Gasteiger partial charge in [0.05, 0.1) is 0 Å². The molecule has 3 rings (SSSR count). The Bertz CT molecular complexity index is 828. The van der Waals surface area contributed by atoms with E-state index in [0.29, 0.717) is 5.92 Å². The Labute approximate surface area is 216 Å². The second-order valence-electron chi connectivity index (χ2n) is 7.65. The molecule has 3 aromatic carbocycles. The molecule has 1 N–H and O–H groups in total. The van der Waals surface area contributed by atoms with Crippen LogP contribution in [0.15, 0.2) is 54.6 Å². The van der Waals surface area contributed by atoms with Gasteiger partial charge in [-0.1, -0.05) is 69.5 Å². The van der Waals surface area contributed by atoms with E-state index in [1.54, 1.807) is 0 Å². The van der Waals surface area contributed by atoms with Crippen LogP contribution in [0, 0.1) is 0 Å². The first-order valence-corrected chi connectivity index (χ1v) is 12.7. The van der Waals surface area contributed by atoms with Gasteiger partial charge in [-0.3, -0.25) is 0 Å². The molecule has 0 amide bonds. The molecule has 1 atom stereocenters. The van der Waals surface area contributed by atoms with Crippen LogP contribution in [0.5, 0.6) is 0 Å². The van der Waals surface area contributed by atoms with Crippen molar-refractivity contribution < 1.29 is 55.8 Å². The van der Waals surface area contributed by atoms with Crippen molar-refractivity contribution in [1.82, 2.24) is 0 Å². The molecule has 0 aliphatic carbocycles. The molecule has 1 nitrogen and oxygen atoms in total. The van der Waals surface area contributed by atoms with E-state index in [1.807, 2.05) is 13.1 Å². The first kappa shape index (κ1) is 31.9. The SMILES string of the molecule is CCCCc1cc2c(-c3ccc(C(C)CC)cc3)cccc2[cH-]1.C[Si](C)O.[Cl-].[Cl-].[Zr+3]. The normalized spacial score (nSPS) is 10.9. The van der Waals surface area contributed by atoms with E-state index in [0.717, 1.165) is 0 Å². The second kappa shape index (κ2) is 16.3. The summed E-state index contributed by atoms with van der Waals surface area (Å²) in [6.07, 6.45) is 4.91. The predicted octanol–water partition coefficient (Wildman–Crippen LogP) is 1.32. The molecule has 0 fully saturated rings. The van der Waals surface area contributed by atoms with Gasteiger partial charge < -0.3 is 29.6 Å². The Kier molecular flexibility index (Phi) is 17.4. The second-order valence-corrected chi connectivity index (χ2v) is 9.55. The molecule has 1 unspecified atom stereocenters. The largest absolute Gasteiger partial charge is 3.00 e. The van der Waals surface area contributed by atoms with Gasteiger partial charge in [-0.2, -0.15) is 6.07 Å². The zero-order valence-electron chi connectivity index (χ0n) is 18.8. The molecule has 0 heterocycles. The van der Waals surface area contributed by atoms with Gasteiger partial charge in [-0.15, -0.1) is 34.5 Å². The average molecular weight is 541 g/mol. The first-order valence-electron chi connectivity index (χ1n) is 10.2. The fourth-order valence-electron chi connectivity index (χ4n) is 3.30. The summed E-state index contributed by atoms with van der Waals surface area (Å²) in [6.45, 7) is 10.5. The van der Waals surface area contributed by atoms with Gasteiger partial charge in [-0.05, 0) is 43.0 Å². The molecule has 0 spiro atoms. The van der Waals surface area contributed by atoms with E-state index >= 15 is 0 Å². The van der Waals surface area contributed by atoms with Crippen LogP contribution < -0.4 is 24.8 Å². The van der Waals surface area contributed by atoms with Crippen molar-refractivity contribution in [2.75, 3.05) is 0 Å². The number of rotatable bonds is 6. The third kappa shape index (κ3) is 9.45. The van der Waals surface area contributed by atoms with Crippen molar-refractivity contribution in [3.63, 3.8) is 0 Å². The van der Waals surface area contributed by atoms with Crippen molar-refractivity contribution in [2.45, 2.75) is 65.5 Å². The predicted molar refractivity (Wildman–Crippen MR) is 122 cm³/mol. The molecule has 0 aliphatic rings. The van der Waals surface area contributed by atoms with Crippen LogP contribution in [0.2, 0.25) is 13.1 Å². The summed E-state index contributed by atoms with van der Waals surface area (Å²) in [5.41, 5.74) is 5.61. The summed E-state index contributed by atoms with van der Waals surface area (Å²) < 4.78 is 0. The van der Waals surface area contributed by atoms with Crippen molar-refractivity contribution in [3.8, 4) is 11.1 Å². The van der Waals surface area contributed by atoms with Crippen molar-refractivity contribution in [2.24, 2.45) is 0 Å². The van der Waals surface area contributed by atoms with Gasteiger partial charge in [0.25, 0.3) is 0 Å². The van der Waals surface area contributed by atoms with Crippen LogP contribution in [-0.4, -0.2) is 13.8 Å². The number of benzene rings is 2. The van der Waals surface area contributed by atoms with E-state index in [2.05, 4.69) is 75.4 Å². The first-order chi connectivity index (χ1) is 13.0. The molecule has 3 aromatic rings. The number of hydrogen-bond donors (Lipinski definition) is 1. The fraction of sp³-hybridized carbons (Fsp3) is 0.400. The minimum absolute atomic E-state index is 0. The maximum atomic E-state index is 8.16. The smallest absolute Gasteiger partial charge is 1.00 e. The molecular weight excluding hydrogens is 506 g/mol. The van der Waals surface area contributed by atoms with Crippen molar-refractivity contribution >= 4 is 19.8 Å². The van der Waals surface area contributed by atoms with Crippen molar-refractivity contribution in [3.05, 3.63) is 65.7 Å². The van der Waals surface area contributed by atoms with Crippen LogP contribution in [0.3, 0.4) is 0 Å². The maximum absolute atomic E-state index is 8.16. The monoisotopic (exact) mass is 538 g/mol.